The van der Waals surface area contributed by atoms with E-state index in [9.17, 15) is 41.7 Å². The molecule has 6 N–H and O–H groups in total. The van der Waals surface area contributed by atoms with Crippen LogP contribution in [0.4, 0.5) is 4.79 Å². The van der Waals surface area contributed by atoms with Crippen LogP contribution in [-0.4, -0.2) is 83.7 Å². The van der Waals surface area contributed by atoms with E-state index in [1.807, 2.05) is 13.8 Å². The molecule has 15 heteroatoms. The molecule has 1 aliphatic rings. The molecule has 39 heavy (non-hydrogen) atoms. The first kappa shape index (κ1) is 33.7. The molecule has 0 aromatic heterocycles. The number of carbonyl (C=O) groups excluding carboxylic acids is 6. The van der Waals surface area contributed by atoms with Gasteiger partial charge in [-0.1, -0.05) is 34.6 Å². The maximum Gasteiger partial charge on any atom is 0.312 e. The normalized spacial score (nSPS) is 16.7. The third-order valence-corrected chi connectivity index (χ3v) is 7.66. The molecule has 0 saturated carbocycles. The zero-order valence-electron chi connectivity index (χ0n) is 22.8. The number of rotatable bonds is 16. The van der Waals surface area contributed by atoms with Gasteiger partial charge in [-0.3, -0.25) is 33.4 Å². The minimum Gasteiger partial charge on any atom is -0.352 e. The molecule has 1 unspecified atom stereocenters. The van der Waals surface area contributed by atoms with E-state index in [0.29, 0.717) is 6.42 Å². The predicted octanol–water partition coefficient (Wildman–Crippen LogP) is -0.507. The van der Waals surface area contributed by atoms with Crippen molar-refractivity contribution in [3.05, 3.63) is 12.2 Å². The Morgan fingerprint density at radius 2 is 1.49 bits per heavy atom. The Bertz CT molecular complexity index is 1070. The second-order valence-corrected chi connectivity index (χ2v) is 11.7. The van der Waals surface area contributed by atoms with Crippen molar-refractivity contribution in [3.8, 4) is 0 Å². The van der Waals surface area contributed by atoms with Crippen LogP contribution in [0.1, 0.15) is 53.9 Å². The maximum atomic E-state index is 13.2. The molecule has 0 radical (unpaired) electrons. The lowest BCUT2D eigenvalue weighted by atomic mass is 9.88. The highest BCUT2D eigenvalue weighted by Crippen LogP contribution is 2.17. The van der Waals surface area contributed by atoms with E-state index in [0.717, 1.165) is 17.1 Å². The van der Waals surface area contributed by atoms with Crippen LogP contribution in [0, 0.1) is 17.8 Å². The van der Waals surface area contributed by atoms with Crippen LogP contribution < -0.4 is 21.7 Å². The van der Waals surface area contributed by atoms with Crippen LogP contribution in [0.25, 0.3) is 0 Å². The van der Waals surface area contributed by atoms with Gasteiger partial charge in [-0.15, -0.1) is 0 Å². The van der Waals surface area contributed by atoms with E-state index in [2.05, 4.69) is 16.0 Å². The number of ketones is 1. The number of Topliss-reactive ketones (excluding diaryl/α,β-unsaturated/α-hetero) is 1. The van der Waals surface area contributed by atoms with Crippen LogP contribution in [0.15, 0.2) is 12.2 Å². The fourth-order valence-electron chi connectivity index (χ4n) is 3.81. The molecule has 14 nitrogen and oxygen atoms in total. The van der Waals surface area contributed by atoms with Gasteiger partial charge in [-0.2, -0.15) is 8.42 Å². The van der Waals surface area contributed by atoms with Crippen molar-refractivity contribution in [1.29, 1.82) is 0 Å². The molecular formula is C24H39N5O9S. The number of carbonyl (C=O) groups is 6. The fourth-order valence-corrected chi connectivity index (χ4v) is 4.55. The van der Waals surface area contributed by atoms with E-state index in [1.165, 1.54) is 0 Å². The van der Waals surface area contributed by atoms with E-state index in [1.54, 1.807) is 20.8 Å². The highest BCUT2D eigenvalue weighted by molar-refractivity contribution is 7.87. The Morgan fingerprint density at radius 1 is 0.923 bits per heavy atom. The second kappa shape index (κ2) is 14.7. The summed E-state index contributed by atoms with van der Waals surface area (Å²) >= 11 is 0. The number of nitrogens with one attached hydrogen (secondary N) is 3. The Kier molecular flexibility index (Phi) is 12.7. The minimum atomic E-state index is -4.98. The van der Waals surface area contributed by atoms with Crippen molar-refractivity contribution in [3.63, 3.8) is 0 Å². The van der Waals surface area contributed by atoms with Crippen LogP contribution in [0.3, 0.4) is 0 Å². The topological polar surface area (TPSA) is 222 Å². The lowest BCUT2D eigenvalue weighted by molar-refractivity contribution is -0.137. The molecular weight excluding hydrogens is 534 g/mol. The SMILES string of the molecule is CC(C)C(C)C(=O)[C@H](CCCNC(N)=O)NC(=O)[C@@H](NC(=O)[C@@H](CCN1C(=O)C=CC1=O)S(=O)(=O)O)C(C)C. The Labute approximate surface area is 228 Å². The van der Waals surface area contributed by atoms with Crippen molar-refractivity contribution >= 4 is 45.6 Å². The first-order valence-electron chi connectivity index (χ1n) is 12.6. The first-order valence-corrected chi connectivity index (χ1v) is 14.1. The molecule has 0 bridgehead atoms. The summed E-state index contributed by atoms with van der Waals surface area (Å²) in [5.41, 5.74) is 5.06. The molecule has 0 saturated heterocycles. The third kappa shape index (κ3) is 10.4. The Morgan fingerprint density at radius 3 is 1.95 bits per heavy atom. The molecule has 1 aliphatic heterocycles. The van der Waals surface area contributed by atoms with Crippen LogP contribution in [0.2, 0.25) is 0 Å². The zero-order chi connectivity index (χ0) is 30.1. The number of imide groups is 1. The number of nitrogens with two attached hydrogens (primary N) is 1. The van der Waals surface area contributed by atoms with E-state index in [-0.39, 0.29) is 24.7 Å². The highest BCUT2D eigenvalue weighted by Gasteiger charge is 2.37. The third-order valence-electron chi connectivity index (χ3n) is 6.49. The number of hydrogen-bond donors (Lipinski definition) is 5. The molecule has 0 spiro atoms. The molecule has 0 aromatic rings. The van der Waals surface area contributed by atoms with Crippen LogP contribution >= 0.6 is 0 Å². The molecule has 4 atom stereocenters. The van der Waals surface area contributed by atoms with Crippen molar-refractivity contribution in [2.24, 2.45) is 23.5 Å². The summed E-state index contributed by atoms with van der Waals surface area (Å²) < 4.78 is 33.6. The van der Waals surface area contributed by atoms with E-state index >= 15 is 0 Å². The van der Waals surface area contributed by atoms with Gasteiger partial charge in [0.2, 0.25) is 11.8 Å². The van der Waals surface area contributed by atoms with Gasteiger partial charge in [0.15, 0.2) is 11.0 Å². The molecule has 1 rings (SSSR count). The summed E-state index contributed by atoms with van der Waals surface area (Å²) in [5, 5.41) is 5.29. The summed E-state index contributed by atoms with van der Waals surface area (Å²) in [6.07, 6.45) is 1.87. The van der Waals surface area contributed by atoms with Gasteiger partial charge in [0.05, 0.1) is 6.04 Å². The smallest absolute Gasteiger partial charge is 0.312 e. The molecule has 0 aromatic carbocycles. The molecule has 6 amide bonds. The standard InChI is InChI=1S/C24H39N5O9S/c1-13(2)15(5)21(32)16(7-6-11-26-24(25)35)27-23(34)20(14(3)4)28-22(33)17(39(36,37)38)10-12-29-18(30)8-9-19(29)31/h8-9,13-17,20H,6-7,10-12H2,1-5H3,(H,27,34)(H,28,33)(H3,25,26,35)(H,36,37,38)/t15?,16-,17+,20-/m0/s1. The van der Waals surface area contributed by atoms with E-state index in [4.69, 9.17) is 5.73 Å². The highest BCUT2D eigenvalue weighted by atomic mass is 32.2. The van der Waals surface area contributed by atoms with Crippen molar-refractivity contribution in [2.75, 3.05) is 13.1 Å². The fraction of sp³-hybridized carbons (Fsp3) is 0.667. The summed E-state index contributed by atoms with van der Waals surface area (Å²) in [6, 6.07) is -2.98. The minimum absolute atomic E-state index is 0.0265. The average molecular weight is 574 g/mol. The number of hydrogen-bond acceptors (Lipinski definition) is 8. The van der Waals surface area contributed by atoms with Gasteiger partial charge >= 0.3 is 6.03 Å². The zero-order valence-corrected chi connectivity index (χ0v) is 23.6. The van der Waals surface area contributed by atoms with Gasteiger partial charge in [-0.05, 0) is 31.1 Å². The number of urea groups is 1. The Balaban J connectivity index is 3.04. The van der Waals surface area contributed by atoms with Crippen molar-refractivity contribution < 1.29 is 41.7 Å². The van der Waals surface area contributed by atoms with Gasteiger partial charge < -0.3 is 21.7 Å². The second-order valence-electron chi connectivity index (χ2n) is 10.1. The van der Waals surface area contributed by atoms with Gasteiger partial charge in [0.1, 0.15) is 6.04 Å². The predicted molar refractivity (Wildman–Crippen MR) is 140 cm³/mol. The van der Waals surface area contributed by atoms with E-state index < -0.39 is 81.9 Å². The lowest BCUT2D eigenvalue weighted by Gasteiger charge is -2.28. The Hall–Kier alpha value is -3.33. The number of nitrogens with zero attached hydrogens (tertiary/aromatic N) is 1. The molecule has 0 aliphatic carbocycles. The molecule has 220 valence electrons. The van der Waals surface area contributed by atoms with Crippen molar-refractivity contribution in [1.82, 2.24) is 20.9 Å². The molecule has 1 heterocycles. The average Bonchev–Trinajstić information content (AvgIpc) is 3.14. The van der Waals surface area contributed by atoms with Gasteiger partial charge in [0.25, 0.3) is 21.9 Å². The van der Waals surface area contributed by atoms with Crippen LogP contribution in [0.5, 0.6) is 0 Å². The summed E-state index contributed by atoms with van der Waals surface area (Å²) in [4.78, 5) is 74.3. The molecule has 0 fully saturated rings. The number of amides is 6. The van der Waals surface area contributed by atoms with Crippen molar-refractivity contribution in [2.45, 2.75) is 71.2 Å². The largest absolute Gasteiger partial charge is 0.352 e. The first-order chi connectivity index (χ1) is 18.0. The van der Waals surface area contributed by atoms with Gasteiger partial charge in [-0.25, -0.2) is 4.79 Å². The monoisotopic (exact) mass is 573 g/mol. The summed E-state index contributed by atoms with van der Waals surface area (Å²) in [7, 11) is -4.98. The maximum absolute atomic E-state index is 13.2. The summed E-state index contributed by atoms with van der Waals surface area (Å²) in [6.45, 7) is 8.31. The van der Waals surface area contributed by atoms with Gasteiger partial charge in [0, 0.05) is 31.2 Å². The van der Waals surface area contributed by atoms with Crippen LogP contribution in [-0.2, 0) is 34.1 Å². The quantitative estimate of drug-likeness (QED) is 0.0910. The number of primary amides is 1. The summed E-state index contributed by atoms with van der Waals surface area (Å²) in [5.74, 6) is -4.59. The lowest BCUT2D eigenvalue weighted by Crippen LogP contribution is -2.56.